The molecule has 0 heterocycles. The van der Waals surface area contributed by atoms with E-state index in [1.54, 1.807) is 11.8 Å². The summed E-state index contributed by atoms with van der Waals surface area (Å²) in [6.07, 6.45) is 10.2. The minimum atomic E-state index is 0.949. The van der Waals surface area contributed by atoms with E-state index in [-0.39, 0.29) is 0 Å². The van der Waals surface area contributed by atoms with Gasteiger partial charge in [-0.2, -0.15) is 0 Å². The maximum absolute atomic E-state index is 2.31. The van der Waals surface area contributed by atoms with Gasteiger partial charge in [-0.25, -0.2) is 0 Å². The molecule has 0 fully saturated rings. The van der Waals surface area contributed by atoms with Crippen molar-refractivity contribution in [1.82, 2.24) is 0 Å². The van der Waals surface area contributed by atoms with Crippen LogP contribution in [-0.4, -0.2) is 6.26 Å². The zero-order valence-corrected chi connectivity index (χ0v) is 18.4. The van der Waals surface area contributed by atoms with Gasteiger partial charge >= 0.3 is 0 Å². The highest BCUT2D eigenvalue weighted by Crippen LogP contribution is 2.13. The fourth-order valence-electron chi connectivity index (χ4n) is 1.72. The number of hydrogen-bond donors (Lipinski definition) is 0. The molecule has 0 aliphatic carbocycles. The molecule has 1 heteroatoms. The summed E-state index contributed by atoms with van der Waals surface area (Å²) < 4.78 is 0. The molecule has 138 valence electrons. The van der Waals surface area contributed by atoms with Gasteiger partial charge in [-0.3, -0.25) is 0 Å². The molecule has 0 spiro atoms. The Hall–Kier alpha value is -0.430. The molecule has 0 bridgehead atoms. The van der Waals surface area contributed by atoms with E-state index in [0.29, 0.717) is 0 Å². The molecular weight excluding hydrogens is 296 g/mol. The molecule has 0 saturated carbocycles. The highest BCUT2D eigenvalue weighted by molar-refractivity contribution is 7.98. The van der Waals surface area contributed by atoms with Crippen molar-refractivity contribution in [2.45, 2.75) is 98.8 Å². The predicted molar refractivity (Wildman–Crippen MR) is 114 cm³/mol. The lowest BCUT2D eigenvalue weighted by Crippen LogP contribution is -1.88. The van der Waals surface area contributed by atoms with Crippen molar-refractivity contribution in [3.05, 3.63) is 29.8 Å². The highest BCUT2D eigenvalue weighted by atomic mass is 32.2. The fourth-order valence-corrected chi connectivity index (χ4v) is 2.13. The predicted octanol–water partition coefficient (Wildman–Crippen LogP) is 8.77. The number of aryl methyl sites for hydroxylation is 1. The standard InChI is InChI=1S/C8H10S.C7H16.C5H12.C2H6/c1-7-3-5-8(9-2)6-4-7;1-4-6-7(3)5-2;1-3-5-4-2;1-2/h3-6H,1-2H3;7H,4-6H2,1-3H3;3-5H2,1-2H3;1-2H3. The fraction of sp³-hybridized carbons (Fsp3) is 0.727. The first-order chi connectivity index (χ1) is 11.0. The Labute approximate surface area is 152 Å². The third-order valence-electron chi connectivity index (χ3n) is 3.44. The summed E-state index contributed by atoms with van der Waals surface area (Å²) in [6, 6.07) is 8.54. The normalized spacial score (nSPS) is 10.1. The summed E-state index contributed by atoms with van der Waals surface area (Å²) >= 11 is 1.78. The summed E-state index contributed by atoms with van der Waals surface area (Å²) in [4.78, 5) is 1.33. The van der Waals surface area contributed by atoms with Crippen LogP contribution in [0.4, 0.5) is 0 Å². The van der Waals surface area contributed by atoms with E-state index in [0.717, 1.165) is 5.92 Å². The first kappa shape index (κ1) is 27.4. The van der Waals surface area contributed by atoms with Gasteiger partial charge in [-0.05, 0) is 31.2 Å². The van der Waals surface area contributed by atoms with Crippen LogP contribution in [0.5, 0.6) is 0 Å². The lowest BCUT2D eigenvalue weighted by Gasteiger charge is -2.02. The van der Waals surface area contributed by atoms with Gasteiger partial charge in [0, 0.05) is 4.90 Å². The minimum Gasteiger partial charge on any atom is -0.130 e. The van der Waals surface area contributed by atoms with Crippen molar-refractivity contribution in [1.29, 1.82) is 0 Å². The number of unbranched alkanes of at least 4 members (excludes halogenated alkanes) is 2. The van der Waals surface area contributed by atoms with Gasteiger partial charge in [0.05, 0.1) is 0 Å². The van der Waals surface area contributed by atoms with Gasteiger partial charge in [0.15, 0.2) is 0 Å². The van der Waals surface area contributed by atoms with Crippen LogP contribution in [0.15, 0.2) is 29.2 Å². The second-order valence-electron chi connectivity index (χ2n) is 5.67. The zero-order chi connectivity index (χ0) is 18.5. The van der Waals surface area contributed by atoms with Crippen LogP contribution >= 0.6 is 11.8 Å². The van der Waals surface area contributed by atoms with Gasteiger partial charge < -0.3 is 0 Å². The summed E-state index contributed by atoms with van der Waals surface area (Å²) in [5.74, 6) is 0.949. The smallest absolute Gasteiger partial charge is 0.00693 e. The number of benzene rings is 1. The van der Waals surface area contributed by atoms with Gasteiger partial charge in [-0.15, -0.1) is 11.8 Å². The molecule has 0 radical (unpaired) electrons. The van der Waals surface area contributed by atoms with Crippen LogP contribution in [0.1, 0.15) is 92.6 Å². The average molecular weight is 341 g/mol. The third-order valence-corrected chi connectivity index (χ3v) is 4.19. The lowest BCUT2D eigenvalue weighted by molar-refractivity contribution is 0.509. The molecule has 1 aromatic rings. The number of hydrogen-bond acceptors (Lipinski definition) is 1. The van der Waals surface area contributed by atoms with Crippen LogP contribution in [0, 0.1) is 12.8 Å². The van der Waals surface area contributed by atoms with Crippen LogP contribution in [0.3, 0.4) is 0 Å². The molecule has 1 rings (SSSR count). The van der Waals surface area contributed by atoms with E-state index in [1.165, 1.54) is 49.0 Å². The molecular formula is C22H44S. The number of thioether (sulfide) groups is 1. The van der Waals surface area contributed by atoms with E-state index in [2.05, 4.69) is 72.1 Å². The molecule has 0 aliphatic rings. The Bertz CT molecular complexity index is 287. The maximum atomic E-state index is 2.31. The summed E-state index contributed by atoms with van der Waals surface area (Å²) in [5.41, 5.74) is 1.33. The Kier molecular flexibility index (Phi) is 28.4. The van der Waals surface area contributed by atoms with Crippen LogP contribution in [0.25, 0.3) is 0 Å². The summed E-state index contributed by atoms with van der Waals surface area (Å²) in [6.45, 7) is 17.3. The van der Waals surface area contributed by atoms with Crippen molar-refractivity contribution < 1.29 is 0 Å². The minimum absolute atomic E-state index is 0.949. The van der Waals surface area contributed by atoms with E-state index in [9.17, 15) is 0 Å². The van der Waals surface area contributed by atoms with E-state index in [1.807, 2.05) is 13.8 Å². The first-order valence-corrected chi connectivity index (χ1v) is 10.9. The molecule has 1 unspecified atom stereocenters. The topological polar surface area (TPSA) is 0 Å². The zero-order valence-electron chi connectivity index (χ0n) is 17.5. The van der Waals surface area contributed by atoms with Crippen LogP contribution < -0.4 is 0 Å². The van der Waals surface area contributed by atoms with E-state index < -0.39 is 0 Å². The lowest BCUT2D eigenvalue weighted by atomic mass is 10.0. The molecule has 0 N–H and O–H groups in total. The quantitative estimate of drug-likeness (QED) is 0.466. The third kappa shape index (κ3) is 24.0. The summed E-state index contributed by atoms with van der Waals surface area (Å²) in [5, 5.41) is 0. The van der Waals surface area contributed by atoms with Crippen molar-refractivity contribution in [3.63, 3.8) is 0 Å². The van der Waals surface area contributed by atoms with E-state index >= 15 is 0 Å². The molecule has 0 aliphatic heterocycles. The second-order valence-corrected chi connectivity index (χ2v) is 6.55. The van der Waals surface area contributed by atoms with Crippen molar-refractivity contribution in [3.8, 4) is 0 Å². The maximum Gasteiger partial charge on any atom is 0.00693 e. The van der Waals surface area contributed by atoms with Crippen LogP contribution in [0.2, 0.25) is 0 Å². The van der Waals surface area contributed by atoms with Gasteiger partial charge in [0.1, 0.15) is 0 Å². The molecule has 1 atom stereocenters. The van der Waals surface area contributed by atoms with Gasteiger partial charge in [-0.1, -0.05) is 105 Å². The molecule has 23 heavy (non-hydrogen) atoms. The van der Waals surface area contributed by atoms with Gasteiger partial charge in [0.25, 0.3) is 0 Å². The SMILES string of the molecule is CC.CCCC(C)CC.CCCCC.CSc1ccc(C)cc1. The Balaban J connectivity index is -0.000000258. The Morgan fingerprint density at radius 2 is 1.35 bits per heavy atom. The van der Waals surface area contributed by atoms with Gasteiger partial charge in [0.2, 0.25) is 0 Å². The molecule has 0 saturated heterocycles. The monoisotopic (exact) mass is 340 g/mol. The number of rotatable bonds is 6. The van der Waals surface area contributed by atoms with E-state index in [4.69, 9.17) is 0 Å². The summed E-state index contributed by atoms with van der Waals surface area (Å²) in [7, 11) is 0. The highest BCUT2D eigenvalue weighted by Gasteiger charge is 1.92. The molecule has 0 aromatic heterocycles. The van der Waals surface area contributed by atoms with Crippen molar-refractivity contribution in [2.24, 2.45) is 5.92 Å². The Morgan fingerprint density at radius 3 is 1.57 bits per heavy atom. The van der Waals surface area contributed by atoms with Crippen molar-refractivity contribution >= 4 is 11.8 Å². The first-order valence-electron chi connectivity index (χ1n) is 9.66. The molecule has 1 aromatic carbocycles. The largest absolute Gasteiger partial charge is 0.130 e. The average Bonchev–Trinajstić information content (AvgIpc) is 2.59. The molecule has 0 amide bonds. The Morgan fingerprint density at radius 1 is 0.870 bits per heavy atom. The molecule has 0 nitrogen and oxygen atoms in total. The van der Waals surface area contributed by atoms with Crippen LogP contribution in [-0.2, 0) is 0 Å². The van der Waals surface area contributed by atoms with Crippen molar-refractivity contribution in [2.75, 3.05) is 6.26 Å². The second kappa shape index (κ2) is 23.8.